The quantitative estimate of drug-likeness (QED) is 0.890. The van der Waals surface area contributed by atoms with Crippen LogP contribution in [0.4, 0.5) is 11.4 Å². The van der Waals surface area contributed by atoms with E-state index in [1.807, 2.05) is 0 Å². The molecule has 1 aliphatic rings. The lowest BCUT2D eigenvalue weighted by atomic mass is 10.2. The number of hydrogen-bond donors (Lipinski definition) is 2. The van der Waals surface area contributed by atoms with E-state index < -0.39 is 0 Å². The number of carbonyl (C=O) groups is 1. The third-order valence-corrected chi connectivity index (χ3v) is 3.67. The van der Waals surface area contributed by atoms with Crippen molar-refractivity contribution < 1.29 is 14.3 Å². The molecule has 0 spiro atoms. The number of hydrogen-bond acceptors (Lipinski definition) is 4. The summed E-state index contributed by atoms with van der Waals surface area (Å²) in [6, 6.07) is 10.3. The molecule has 0 unspecified atom stereocenters. The van der Waals surface area contributed by atoms with Crippen LogP contribution in [0, 0.1) is 0 Å². The van der Waals surface area contributed by atoms with Gasteiger partial charge in [-0.25, -0.2) is 0 Å². The highest BCUT2D eigenvalue weighted by molar-refractivity contribution is 6.39. The van der Waals surface area contributed by atoms with Crippen molar-refractivity contribution in [3.8, 4) is 11.5 Å². The lowest BCUT2D eigenvalue weighted by Gasteiger charge is -2.11. The standard InChI is InChI=1S/C15H12Cl2N2O3/c16-10-2-1-3-11(17)15(10)18-7-14(20)19-9-4-5-12-13(6-9)22-8-21-12/h1-6,18H,7-8H2,(H,19,20). The molecule has 2 aromatic rings. The third kappa shape index (κ3) is 3.21. The molecule has 0 aromatic heterocycles. The highest BCUT2D eigenvalue weighted by Gasteiger charge is 2.14. The summed E-state index contributed by atoms with van der Waals surface area (Å²) in [5.74, 6) is 1.05. The van der Waals surface area contributed by atoms with Crippen molar-refractivity contribution in [2.75, 3.05) is 24.0 Å². The Morgan fingerprint density at radius 2 is 1.82 bits per heavy atom. The van der Waals surface area contributed by atoms with Crippen molar-refractivity contribution >= 4 is 40.5 Å². The lowest BCUT2D eigenvalue weighted by molar-refractivity contribution is -0.114. The summed E-state index contributed by atoms with van der Waals surface area (Å²) in [7, 11) is 0. The predicted molar refractivity (Wildman–Crippen MR) is 86.1 cm³/mol. The summed E-state index contributed by atoms with van der Waals surface area (Å²) in [6.07, 6.45) is 0. The minimum atomic E-state index is -0.227. The van der Waals surface area contributed by atoms with Gasteiger partial charge in [0.15, 0.2) is 11.5 Å². The Bertz CT molecular complexity index is 702. The molecule has 0 fully saturated rings. The zero-order valence-corrected chi connectivity index (χ0v) is 12.9. The van der Waals surface area contributed by atoms with Gasteiger partial charge in [0.05, 0.1) is 22.3 Å². The fraction of sp³-hybridized carbons (Fsp3) is 0.133. The van der Waals surface area contributed by atoms with Crippen molar-refractivity contribution in [1.82, 2.24) is 0 Å². The van der Waals surface area contributed by atoms with Crippen molar-refractivity contribution in [2.45, 2.75) is 0 Å². The second-order valence-electron chi connectivity index (χ2n) is 4.57. The predicted octanol–water partition coefficient (Wildman–Crippen LogP) is 3.77. The Morgan fingerprint density at radius 3 is 2.59 bits per heavy atom. The van der Waals surface area contributed by atoms with E-state index in [0.29, 0.717) is 32.9 Å². The van der Waals surface area contributed by atoms with Crippen LogP contribution in [0.25, 0.3) is 0 Å². The first-order valence-electron chi connectivity index (χ1n) is 6.51. The van der Waals surface area contributed by atoms with E-state index in [-0.39, 0.29) is 19.2 Å². The number of benzene rings is 2. The summed E-state index contributed by atoms with van der Waals surface area (Å²) in [5.41, 5.74) is 1.16. The molecule has 1 amide bonds. The van der Waals surface area contributed by atoms with Gasteiger partial charge in [-0.1, -0.05) is 29.3 Å². The molecule has 3 rings (SSSR count). The van der Waals surface area contributed by atoms with Gasteiger partial charge >= 0.3 is 0 Å². The average molecular weight is 339 g/mol. The van der Waals surface area contributed by atoms with Crippen molar-refractivity contribution in [2.24, 2.45) is 0 Å². The number of rotatable bonds is 4. The van der Waals surface area contributed by atoms with Crippen LogP contribution in [0.5, 0.6) is 11.5 Å². The fourth-order valence-corrected chi connectivity index (χ4v) is 2.55. The minimum Gasteiger partial charge on any atom is -0.454 e. The molecule has 0 bridgehead atoms. The van der Waals surface area contributed by atoms with Gasteiger partial charge in [0.2, 0.25) is 12.7 Å². The molecule has 2 N–H and O–H groups in total. The van der Waals surface area contributed by atoms with Gasteiger partial charge in [-0.15, -0.1) is 0 Å². The van der Waals surface area contributed by atoms with Crippen molar-refractivity contribution in [3.63, 3.8) is 0 Å². The zero-order chi connectivity index (χ0) is 15.5. The van der Waals surface area contributed by atoms with Gasteiger partial charge < -0.3 is 20.1 Å². The normalized spacial score (nSPS) is 12.1. The summed E-state index contributed by atoms with van der Waals surface area (Å²) in [6.45, 7) is 0.233. The lowest BCUT2D eigenvalue weighted by Crippen LogP contribution is -2.22. The number of ether oxygens (including phenoxy) is 2. The van der Waals surface area contributed by atoms with Crippen LogP contribution in [-0.4, -0.2) is 19.2 Å². The summed E-state index contributed by atoms with van der Waals surface area (Å²) in [4.78, 5) is 12.0. The van der Waals surface area contributed by atoms with Crippen LogP contribution in [-0.2, 0) is 4.79 Å². The summed E-state index contributed by atoms with van der Waals surface area (Å²) < 4.78 is 10.5. The van der Waals surface area contributed by atoms with Crippen LogP contribution >= 0.6 is 23.2 Å². The van der Waals surface area contributed by atoms with Crippen LogP contribution in [0.3, 0.4) is 0 Å². The van der Waals surface area contributed by atoms with Gasteiger partial charge in [-0.05, 0) is 24.3 Å². The molecular formula is C15H12Cl2N2O3. The number of halogens is 2. The molecule has 2 aromatic carbocycles. The van der Waals surface area contributed by atoms with Gasteiger partial charge in [0.1, 0.15) is 0 Å². The van der Waals surface area contributed by atoms with Gasteiger partial charge in [0.25, 0.3) is 0 Å². The Kier molecular flexibility index (Phi) is 4.27. The van der Waals surface area contributed by atoms with Gasteiger partial charge in [0, 0.05) is 11.8 Å². The molecule has 1 heterocycles. The maximum Gasteiger partial charge on any atom is 0.243 e. The van der Waals surface area contributed by atoms with Crippen LogP contribution in [0.2, 0.25) is 10.0 Å². The van der Waals surface area contributed by atoms with E-state index in [0.717, 1.165) is 0 Å². The Labute approximate surface area is 137 Å². The molecule has 1 aliphatic heterocycles. The molecule has 0 radical (unpaired) electrons. The van der Waals surface area contributed by atoms with Crippen LogP contribution in [0.1, 0.15) is 0 Å². The molecule has 0 saturated carbocycles. The first-order chi connectivity index (χ1) is 10.6. The number of fused-ring (bicyclic) bond motifs is 1. The monoisotopic (exact) mass is 338 g/mol. The topological polar surface area (TPSA) is 59.6 Å². The molecule has 22 heavy (non-hydrogen) atoms. The fourth-order valence-electron chi connectivity index (χ4n) is 2.01. The molecule has 7 heteroatoms. The maximum absolute atomic E-state index is 12.0. The Hall–Kier alpha value is -2.11. The number of carbonyl (C=O) groups excluding carboxylic acids is 1. The summed E-state index contributed by atoms with van der Waals surface area (Å²) >= 11 is 12.1. The van der Waals surface area contributed by atoms with Crippen molar-refractivity contribution in [1.29, 1.82) is 0 Å². The Balaban J connectivity index is 1.61. The first-order valence-corrected chi connectivity index (χ1v) is 7.26. The molecule has 0 aliphatic carbocycles. The van der Waals surface area contributed by atoms with Gasteiger partial charge in [-0.3, -0.25) is 4.79 Å². The third-order valence-electron chi connectivity index (χ3n) is 3.04. The number of anilines is 2. The highest BCUT2D eigenvalue weighted by Crippen LogP contribution is 2.34. The Morgan fingerprint density at radius 1 is 1.09 bits per heavy atom. The maximum atomic E-state index is 12.0. The largest absolute Gasteiger partial charge is 0.454 e. The molecule has 5 nitrogen and oxygen atoms in total. The molecule has 0 saturated heterocycles. The smallest absolute Gasteiger partial charge is 0.243 e. The van der Waals surface area contributed by atoms with E-state index in [2.05, 4.69) is 10.6 Å². The number of para-hydroxylation sites is 1. The number of nitrogens with one attached hydrogen (secondary N) is 2. The van der Waals surface area contributed by atoms with E-state index in [1.54, 1.807) is 36.4 Å². The van der Waals surface area contributed by atoms with E-state index in [1.165, 1.54) is 0 Å². The van der Waals surface area contributed by atoms with E-state index in [4.69, 9.17) is 32.7 Å². The second kappa shape index (κ2) is 6.34. The molecular weight excluding hydrogens is 327 g/mol. The van der Waals surface area contributed by atoms with Gasteiger partial charge in [-0.2, -0.15) is 0 Å². The highest BCUT2D eigenvalue weighted by atomic mass is 35.5. The molecule has 114 valence electrons. The first kappa shape index (κ1) is 14.8. The van der Waals surface area contributed by atoms with Crippen molar-refractivity contribution in [3.05, 3.63) is 46.4 Å². The summed E-state index contributed by atoms with van der Waals surface area (Å²) in [5, 5.41) is 6.60. The average Bonchev–Trinajstić information content (AvgIpc) is 2.94. The van der Waals surface area contributed by atoms with E-state index in [9.17, 15) is 4.79 Å². The minimum absolute atomic E-state index is 0.0396. The van der Waals surface area contributed by atoms with Crippen LogP contribution < -0.4 is 20.1 Å². The second-order valence-corrected chi connectivity index (χ2v) is 5.38. The number of amides is 1. The zero-order valence-electron chi connectivity index (χ0n) is 11.4. The van der Waals surface area contributed by atoms with E-state index >= 15 is 0 Å². The van der Waals surface area contributed by atoms with Crippen LogP contribution in [0.15, 0.2) is 36.4 Å². The SMILES string of the molecule is O=C(CNc1c(Cl)cccc1Cl)Nc1ccc2c(c1)OCO2. The molecule has 0 atom stereocenters.